The SMILES string of the molecule is O=[N+]([O-])c1cc(CO)c(F)c(OC(F)(F)F)n1. The maximum absolute atomic E-state index is 13.2. The van der Waals surface area contributed by atoms with Crippen molar-refractivity contribution in [3.63, 3.8) is 0 Å². The van der Waals surface area contributed by atoms with Crippen LogP contribution in [0.4, 0.5) is 23.4 Å². The highest BCUT2D eigenvalue weighted by Crippen LogP contribution is 2.28. The maximum atomic E-state index is 13.2. The molecule has 94 valence electrons. The van der Waals surface area contributed by atoms with Crippen LogP contribution < -0.4 is 4.74 Å². The zero-order chi connectivity index (χ0) is 13.2. The average molecular weight is 256 g/mol. The van der Waals surface area contributed by atoms with E-state index in [1.54, 1.807) is 0 Å². The van der Waals surface area contributed by atoms with Crippen molar-refractivity contribution in [3.8, 4) is 5.88 Å². The number of nitrogens with zero attached hydrogens (tertiary/aromatic N) is 2. The second kappa shape index (κ2) is 4.49. The molecule has 0 spiro atoms. The third-order valence-corrected chi connectivity index (χ3v) is 1.56. The van der Waals surface area contributed by atoms with Gasteiger partial charge < -0.3 is 20.0 Å². The number of rotatable bonds is 3. The minimum absolute atomic E-state index is 0.512. The number of hydrogen-bond donors (Lipinski definition) is 1. The predicted octanol–water partition coefficient (Wildman–Crippen LogP) is 1.52. The zero-order valence-electron chi connectivity index (χ0n) is 7.86. The first-order valence-corrected chi connectivity index (χ1v) is 3.95. The van der Waals surface area contributed by atoms with Crippen molar-refractivity contribution >= 4 is 5.82 Å². The predicted molar refractivity (Wildman–Crippen MR) is 43.5 cm³/mol. The minimum Gasteiger partial charge on any atom is -0.392 e. The van der Waals surface area contributed by atoms with E-state index in [-0.39, 0.29) is 0 Å². The molecule has 0 radical (unpaired) electrons. The smallest absolute Gasteiger partial charge is 0.392 e. The Balaban J connectivity index is 3.28. The molecule has 1 rings (SSSR count). The van der Waals surface area contributed by atoms with Gasteiger partial charge in [0, 0.05) is 16.6 Å². The van der Waals surface area contributed by atoms with Crippen molar-refractivity contribution in [1.82, 2.24) is 4.98 Å². The number of aliphatic hydroxyl groups is 1. The molecule has 1 heterocycles. The van der Waals surface area contributed by atoms with Crippen LogP contribution in [0.1, 0.15) is 5.56 Å². The van der Waals surface area contributed by atoms with Crippen LogP contribution in [0.15, 0.2) is 6.07 Å². The van der Waals surface area contributed by atoms with Crippen LogP contribution in [0, 0.1) is 15.9 Å². The van der Waals surface area contributed by atoms with Crippen molar-refractivity contribution in [2.24, 2.45) is 0 Å². The first-order chi connectivity index (χ1) is 7.74. The summed E-state index contributed by atoms with van der Waals surface area (Å²) in [6.07, 6.45) is -5.24. The largest absolute Gasteiger partial charge is 0.575 e. The Morgan fingerprint density at radius 3 is 2.53 bits per heavy atom. The number of aromatic nitrogens is 1. The topological polar surface area (TPSA) is 85.5 Å². The Kier molecular flexibility index (Phi) is 3.46. The summed E-state index contributed by atoms with van der Waals surface area (Å²) < 4.78 is 51.8. The fourth-order valence-electron chi connectivity index (χ4n) is 0.928. The van der Waals surface area contributed by atoms with Gasteiger partial charge in [-0.05, 0) is 4.92 Å². The molecule has 6 nitrogen and oxygen atoms in total. The van der Waals surface area contributed by atoms with E-state index in [1.807, 2.05) is 0 Å². The van der Waals surface area contributed by atoms with E-state index in [2.05, 4.69) is 9.72 Å². The quantitative estimate of drug-likeness (QED) is 0.503. The van der Waals surface area contributed by atoms with Gasteiger partial charge in [0.15, 0.2) is 0 Å². The summed E-state index contributed by atoms with van der Waals surface area (Å²) in [6, 6.07) is 0.512. The van der Waals surface area contributed by atoms with Gasteiger partial charge in [0.1, 0.15) is 0 Å². The molecule has 0 saturated heterocycles. The normalized spacial score (nSPS) is 11.4. The summed E-state index contributed by atoms with van der Waals surface area (Å²) in [5.41, 5.74) is -0.717. The van der Waals surface area contributed by atoms with Gasteiger partial charge in [0.25, 0.3) is 0 Å². The second-order valence-corrected chi connectivity index (χ2v) is 2.72. The fourth-order valence-corrected chi connectivity index (χ4v) is 0.928. The average Bonchev–Trinajstić information content (AvgIpc) is 2.18. The van der Waals surface area contributed by atoms with E-state index < -0.39 is 41.0 Å². The second-order valence-electron chi connectivity index (χ2n) is 2.72. The van der Waals surface area contributed by atoms with Crippen LogP contribution in [0.25, 0.3) is 0 Å². The van der Waals surface area contributed by atoms with Crippen LogP contribution in [0.3, 0.4) is 0 Å². The molecule has 0 unspecified atom stereocenters. The molecule has 0 bridgehead atoms. The van der Waals surface area contributed by atoms with Crippen molar-refractivity contribution in [2.75, 3.05) is 0 Å². The summed E-state index contributed by atoms with van der Waals surface area (Å²) in [6.45, 7) is -1.02. The third-order valence-electron chi connectivity index (χ3n) is 1.56. The van der Waals surface area contributed by atoms with Gasteiger partial charge in [-0.1, -0.05) is 0 Å². The first kappa shape index (κ1) is 13.1. The highest BCUT2D eigenvalue weighted by Gasteiger charge is 2.37. The molecule has 0 aliphatic carbocycles. The summed E-state index contributed by atoms with van der Waals surface area (Å²) >= 11 is 0. The molecule has 1 aromatic rings. The molecule has 0 fully saturated rings. The van der Waals surface area contributed by atoms with Gasteiger partial charge in [-0.3, -0.25) is 0 Å². The number of ether oxygens (including phenoxy) is 1. The lowest BCUT2D eigenvalue weighted by molar-refractivity contribution is -0.390. The van der Waals surface area contributed by atoms with Gasteiger partial charge >= 0.3 is 18.1 Å². The molecule has 0 amide bonds. The van der Waals surface area contributed by atoms with Crippen LogP contribution in [0.2, 0.25) is 0 Å². The number of aliphatic hydroxyl groups excluding tert-OH is 1. The van der Waals surface area contributed by atoms with Gasteiger partial charge in [0.05, 0.1) is 6.61 Å². The lowest BCUT2D eigenvalue weighted by atomic mass is 10.2. The highest BCUT2D eigenvalue weighted by atomic mass is 19.4. The standard InChI is InChI=1S/C7H4F4N2O4/c8-5-3(2-14)1-4(13(15)16)12-6(5)17-7(9,10)11/h1,14H,2H2. The molecule has 0 atom stereocenters. The summed E-state index contributed by atoms with van der Waals surface area (Å²) in [4.78, 5) is 11.9. The van der Waals surface area contributed by atoms with Crippen LogP contribution in [0.5, 0.6) is 5.88 Å². The summed E-state index contributed by atoms with van der Waals surface area (Å²) in [7, 11) is 0. The molecular formula is C7H4F4N2O4. The van der Waals surface area contributed by atoms with E-state index in [9.17, 15) is 27.7 Å². The molecule has 1 N–H and O–H groups in total. The van der Waals surface area contributed by atoms with Crippen LogP contribution in [-0.4, -0.2) is 21.4 Å². The molecule has 0 aliphatic rings. The molecule has 0 aliphatic heterocycles. The van der Waals surface area contributed by atoms with Gasteiger partial charge in [0.2, 0.25) is 5.82 Å². The van der Waals surface area contributed by atoms with Gasteiger partial charge in [-0.25, -0.2) is 0 Å². The van der Waals surface area contributed by atoms with Crippen molar-refractivity contribution < 1.29 is 32.3 Å². The number of pyridine rings is 1. The highest BCUT2D eigenvalue weighted by molar-refractivity contribution is 5.33. The molecule has 0 saturated carbocycles. The van der Waals surface area contributed by atoms with Crippen LogP contribution in [-0.2, 0) is 6.61 Å². The molecular weight excluding hydrogens is 252 g/mol. The first-order valence-electron chi connectivity index (χ1n) is 3.95. The molecule has 10 heteroatoms. The van der Waals surface area contributed by atoms with Crippen molar-refractivity contribution in [2.45, 2.75) is 13.0 Å². The monoisotopic (exact) mass is 256 g/mol. The Morgan fingerprint density at radius 1 is 1.53 bits per heavy atom. The van der Waals surface area contributed by atoms with E-state index in [1.165, 1.54) is 0 Å². The number of halogens is 4. The molecule has 17 heavy (non-hydrogen) atoms. The van der Waals surface area contributed by atoms with Crippen LogP contribution >= 0.6 is 0 Å². The summed E-state index contributed by atoms with van der Waals surface area (Å²) in [5.74, 6) is -4.26. The van der Waals surface area contributed by atoms with E-state index in [4.69, 9.17) is 5.11 Å². The minimum atomic E-state index is -5.24. The Morgan fingerprint density at radius 2 is 2.12 bits per heavy atom. The molecule has 1 aromatic heterocycles. The lowest BCUT2D eigenvalue weighted by Gasteiger charge is -2.07. The summed E-state index contributed by atoms with van der Waals surface area (Å²) in [5, 5.41) is 18.9. The van der Waals surface area contributed by atoms with E-state index in [0.29, 0.717) is 6.07 Å². The fraction of sp³-hybridized carbons (Fsp3) is 0.286. The Bertz CT molecular complexity index is 448. The third kappa shape index (κ3) is 3.24. The van der Waals surface area contributed by atoms with Crippen molar-refractivity contribution in [1.29, 1.82) is 0 Å². The van der Waals surface area contributed by atoms with Crippen molar-refractivity contribution in [3.05, 3.63) is 27.6 Å². The molecule has 0 aromatic carbocycles. The number of hydrogen-bond acceptors (Lipinski definition) is 5. The van der Waals surface area contributed by atoms with E-state index in [0.717, 1.165) is 0 Å². The van der Waals surface area contributed by atoms with Gasteiger partial charge in [-0.2, -0.15) is 4.39 Å². The maximum Gasteiger partial charge on any atom is 0.575 e. The Hall–Kier alpha value is -1.97. The van der Waals surface area contributed by atoms with Gasteiger partial charge in [-0.15, -0.1) is 13.2 Å². The number of nitro groups is 1. The zero-order valence-corrected chi connectivity index (χ0v) is 7.86. The Labute approximate surface area is 90.6 Å². The van der Waals surface area contributed by atoms with E-state index >= 15 is 0 Å². The number of alkyl halides is 3. The lowest BCUT2D eigenvalue weighted by Crippen LogP contribution is -2.19.